The summed E-state index contributed by atoms with van der Waals surface area (Å²) in [5.41, 5.74) is 0.00584. The molecular weight excluding hydrogens is 453 g/mol. The van der Waals surface area contributed by atoms with Crippen molar-refractivity contribution in [2.24, 2.45) is 0 Å². The number of carbonyl (C=O) groups excluding carboxylic acids is 1. The molecule has 6 nitrogen and oxygen atoms in total. The van der Waals surface area contributed by atoms with Crippen LogP contribution in [0.25, 0.3) is 0 Å². The smallest absolute Gasteiger partial charge is 0.422 e. The molecular formula is C17H18ClF3N2O4S2. The number of nitrogens with one attached hydrogen (secondary N) is 1. The summed E-state index contributed by atoms with van der Waals surface area (Å²) < 4.78 is 67.8. The lowest BCUT2D eigenvalue weighted by atomic mass is 10.2. The van der Waals surface area contributed by atoms with Crippen LogP contribution in [0.5, 0.6) is 5.75 Å². The highest BCUT2D eigenvalue weighted by molar-refractivity contribution is 7.91. The Morgan fingerprint density at radius 3 is 2.66 bits per heavy atom. The summed E-state index contributed by atoms with van der Waals surface area (Å²) in [6, 6.07) is 6.96. The van der Waals surface area contributed by atoms with E-state index in [9.17, 15) is 26.4 Å². The van der Waals surface area contributed by atoms with Crippen LogP contribution in [-0.4, -0.2) is 45.0 Å². The summed E-state index contributed by atoms with van der Waals surface area (Å²) in [7, 11) is -2.20. The SMILES string of the molecule is CN(CCCC(=O)Nc1cc(Cl)ccc1OCC(F)(F)F)S(=O)(=O)c1cccs1. The Bertz CT molecular complexity index is 935. The van der Waals surface area contributed by atoms with Gasteiger partial charge in [0.25, 0.3) is 10.0 Å². The number of carbonyl (C=O) groups is 1. The van der Waals surface area contributed by atoms with Crippen molar-refractivity contribution in [2.75, 3.05) is 25.5 Å². The van der Waals surface area contributed by atoms with Crippen LogP contribution in [0.1, 0.15) is 12.8 Å². The second kappa shape index (κ2) is 9.79. The molecule has 0 aliphatic rings. The molecule has 0 bridgehead atoms. The predicted octanol–water partition coefficient (Wildman–Crippen LogP) is 4.38. The third kappa shape index (κ3) is 7.18. The second-order valence-corrected chi connectivity index (χ2v) is 9.61. The molecule has 1 heterocycles. The average molecular weight is 471 g/mol. The van der Waals surface area contributed by atoms with E-state index in [1.165, 1.54) is 31.3 Å². The third-order valence-corrected chi connectivity index (χ3v) is 7.11. The first kappa shape index (κ1) is 23.5. The van der Waals surface area contributed by atoms with Crippen LogP contribution in [-0.2, 0) is 14.8 Å². The third-order valence-electron chi connectivity index (χ3n) is 3.64. The number of hydrogen-bond acceptors (Lipinski definition) is 5. The van der Waals surface area contributed by atoms with Crippen molar-refractivity contribution in [1.29, 1.82) is 0 Å². The van der Waals surface area contributed by atoms with Crippen molar-refractivity contribution >= 4 is 44.6 Å². The van der Waals surface area contributed by atoms with E-state index in [1.54, 1.807) is 11.4 Å². The molecule has 2 rings (SSSR count). The highest BCUT2D eigenvalue weighted by Crippen LogP contribution is 2.30. The summed E-state index contributed by atoms with van der Waals surface area (Å²) >= 11 is 6.93. The Kier molecular flexibility index (Phi) is 7.92. The van der Waals surface area contributed by atoms with Crippen molar-refractivity contribution in [3.05, 3.63) is 40.7 Å². The van der Waals surface area contributed by atoms with Crippen molar-refractivity contribution < 1.29 is 31.1 Å². The summed E-state index contributed by atoms with van der Waals surface area (Å²) in [5.74, 6) is -0.677. The van der Waals surface area contributed by atoms with Crippen molar-refractivity contribution in [3.8, 4) is 5.75 Å². The van der Waals surface area contributed by atoms with Crippen molar-refractivity contribution in [2.45, 2.75) is 23.2 Å². The fraction of sp³-hybridized carbons (Fsp3) is 0.353. The van der Waals surface area contributed by atoms with E-state index >= 15 is 0 Å². The number of rotatable bonds is 9. The quantitative estimate of drug-likeness (QED) is 0.590. The molecule has 0 radical (unpaired) electrons. The lowest BCUT2D eigenvalue weighted by Crippen LogP contribution is -2.28. The van der Waals surface area contributed by atoms with Gasteiger partial charge in [0.1, 0.15) is 9.96 Å². The van der Waals surface area contributed by atoms with Gasteiger partial charge < -0.3 is 10.1 Å². The standard InChI is InChI=1S/C17H18ClF3N2O4S2/c1-23(29(25,26)16-5-3-9-28-16)8-2-4-15(24)22-13-10-12(18)6-7-14(13)27-11-17(19,20)21/h3,5-7,9-10H,2,4,8,11H2,1H3,(H,22,24). The maximum absolute atomic E-state index is 12.4. The van der Waals surface area contributed by atoms with Crippen LogP contribution in [0.2, 0.25) is 5.02 Å². The van der Waals surface area contributed by atoms with Crippen molar-refractivity contribution in [3.63, 3.8) is 0 Å². The second-order valence-electron chi connectivity index (χ2n) is 5.95. The number of nitrogens with zero attached hydrogens (tertiary/aromatic N) is 1. The van der Waals surface area contributed by atoms with E-state index in [4.69, 9.17) is 16.3 Å². The molecule has 0 saturated heterocycles. The van der Waals surface area contributed by atoms with Gasteiger partial charge >= 0.3 is 6.18 Å². The Morgan fingerprint density at radius 2 is 2.03 bits per heavy atom. The molecule has 0 fully saturated rings. The van der Waals surface area contributed by atoms with E-state index in [-0.39, 0.29) is 40.1 Å². The van der Waals surface area contributed by atoms with E-state index in [0.717, 1.165) is 15.6 Å². The number of alkyl halides is 3. The minimum atomic E-state index is -4.53. The minimum absolute atomic E-state index is 0.00584. The summed E-state index contributed by atoms with van der Waals surface area (Å²) in [4.78, 5) is 12.1. The Hall–Kier alpha value is -1.82. The molecule has 1 N–H and O–H groups in total. The summed E-state index contributed by atoms with van der Waals surface area (Å²) in [6.45, 7) is -1.41. The zero-order chi connectivity index (χ0) is 21.7. The summed E-state index contributed by atoms with van der Waals surface area (Å²) in [6.07, 6.45) is -4.36. The zero-order valence-corrected chi connectivity index (χ0v) is 17.6. The predicted molar refractivity (Wildman–Crippen MR) is 105 cm³/mol. The molecule has 0 atom stereocenters. The molecule has 29 heavy (non-hydrogen) atoms. The maximum Gasteiger partial charge on any atom is 0.422 e. The lowest BCUT2D eigenvalue weighted by Gasteiger charge is -2.16. The van der Waals surface area contributed by atoms with Gasteiger partial charge in [0, 0.05) is 25.0 Å². The number of benzene rings is 1. The molecule has 12 heteroatoms. The van der Waals surface area contributed by atoms with E-state index in [1.807, 2.05) is 0 Å². The number of halogens is 4. The zero-order valence-electron chi connectivity index (χ0n) is 15.2. The number of amides is 1. The van der Waals surface area contributed by atoms with Crippen LogP contribution >= 0.6 is 22.9 Å². The molecule has 0 aliphatic heterocycles. The molecule has 1 aromatic carbocycles. The number of thiophene rings is 1. The maximum atomic E-state index is 12.4. The van der Waals surface area contributed by atoms with Gasteiger partial charge in [0.15, 0.2) is 6.61 Å². The van der Waals surface area contributed by atoms with Crippen LogP contribution < -0.4 is 10.1 Å². The molecule has 0 unspecified atom stereocenters. The van der Waals surface area contributed by atoms with Gasteiger partial charge in [-0.15, -0.1) is 11.3 Å². The largest absolute Gasteiger partial charge is 0.482 e. The van der Waals surface area contributed by atoms with Gasteiger partial charge in [-0.05, 0) is 36.1 Å². The summed E-state index contributed by atoms with van der Waals surface area (Å²) in [5, 5.41) is 4.31. The molecule has 0 spiro atoms. The highest BCUT2D eigenvalue weighted by Gasteiger charge is 2.29. The lowest BCUT2D eigenvalue weighted by molar-refractivity contribution is -0.153. The molecule has 0 aliphatic carbocycles. The fourth-order valence-electron chi connectivity index (χ4n) is 2.24. The Morgan fingerprint density at radius 1 is 1.31 bits per heavy atom. The Labute approximate surface area is 175 Å². The highest BCUT2D eigenvalue weighted by atomic mass is 35.5. The van der Waals surface area contributed by atoms with Gasteiger partial charge in [-0.3, -0.25) is 4.79 Å². The first-order valence-corrected chi connectivity index (χ1v) is 11.0. The number of hydrogen-bond donors (Lipinski definition) is 1. The monoisotopic (exact) mass is 470 g/mol. The van der Waals surface area contributed by atoms with Crippen LogP contribution in [0.4, 0.5) is 18.9 Å². The van der Waals surface area contributed by atoms with Gasteiger partial charge in [0.2, 0.25) is 5.91 Å². The van der Waals surface area contributed by atoms with Crippen LogP contribution in [0.15, 0.2) is 39.9 Å². The van der Waals surface area contributed by atoms with E-state index in [2.05, 4.69) is 5.32 Å². The van der Waals surface area contributed by atoms with Gasteiger partial charge in [-0.2, -0.15) is 13.2 Å². The van der Waals surface area contributed by atoms with Gasteiger partial charge in [0.05, 0.1) is 5.69 Å². The molecule has 160 valence electrons. The number of sulfonamides is 1. The topological polar surface area (TPSA) is 75.7 Å². The van der Waals surface area contributed by atoms with E-state index < -0.39 is 28.7 Å². The van der Waals surface area contributed by atoms with E-state index in [0.29, 0.717) is 0 Å². The van der Waals surface area contributed by atoms with Crippen LogP contribution in [0, 0.1) is 0 Å². The molecule has 1 aromatic heterocycles. The Balaban J connectivity index is 1.91. The normalized spacial score (nSPS) is 12.2. The molecule has 0 saturated carbocycles. The minimum Gasteiger partial charge on any atom is -0.482 e. The average Bonchev–Trinajstić information content (AvgIpc) is 3.15. The fourth-order valence-corrected chi connectivity index (χ4v) is 4.83. The number of anilines is 1. The molecule has 2 aromatic rings. The van der Waals surface area contributed by atoms with Gasteiger partial charge in [-0.1, -0.05) is 17.7 Å². The van der Waals surface area contributed by atoms with Crippen LogP contribution in [0.3, 0.4) is 0 Å². The first-order valence-electron chi connectivity index (χ1n) is 8.28. The van der Waals surface area contributed by atoms with Gasteiger partial charge in [-0.25, -0.2) is 12.7 Å². The first-order chi connectivity index (χ1) is 13.5. The number of ether oxygens (including phenoxy) is 1. The van der Waals surface area contributed by atoms with Crippen molar-refractivity contribution in [1.82, 2.24) is 4.31 Å². The molecule has 1 amide bonds.